The van der Waals surface area contributed by atoms with Crippen LogP contribution in [0.4, 0.5) is 4.79 Å². The van der Waals surface area contributed by atoms with Gasteiger partial charge in [0.1, 0.15) is 12.4 Å². The van der Waals surface area contributed by atoms with Crippen molar-refractivity contribution in [3.63, 3.8) is 0 Å². The van der Waals surface area contributed by atoms with Gasteiger partial charge in [0.05, 0.1) is 17.0 Å². The van der Waals surface area contributed by atoms with E-state index in [0.29, 0.717) is 43.4 Å². The van der Waals surface area contributed by atoms with Gasteiger partial charge < -0.3 is 20.1 Å². The summed E-state index contributed by atoms with van der Waals surface area (Å²) in [6.07, 6.45) is 2.47. The number of carboxylic acids is 1. The van der Waals surface area contributed by atoms with E-state index in [4.69, 9.17) is 16.3 Å². The van der Waals surface area contributed by atoms with Crippen LogP contribution in [0.3, 0.4) is 0 Å². The fourth-order valence-corrected chi connectivity index (χ4v) is 3.98. The average Bonchev–Trinajstić information content (AvgIpc) is 3.11. The van der Waals surface area contributed by atoms with Crippen LogP contribution in [0.1, 0.15) is 19.3 Å². The number of hydrogen-bond donors (Lipinski definition) is 2. The first-order valence-corrected chi connectivity index (χ1v) is 8.54. The number of para-hydroxylation sites is 1. The molecule has 1 aromatic carbocycles. The van der Waals surface area contributed by atoms with Crippen LogP contribution >= 0.6 is 11.6 Å². The maximum absolute atomic E-state index is 12.3. The number of carboxylic acid groups (broad SMARTS) is 1. The van der Waals surface area contributed by atoms with Crippen LogP contribution < -0.4 is 10.1 Å². The number of halogens is 1. The summed E-state index contributed by atoms with van der Waals surface area (Å²) < 4.78 is 5.52. The summed E-state index contributed by atoms with van der Waals surface area (Å²) in [5.41, 5.74) is -0.745. The first-order valence-electron chi connectivity index (χ1n) is 8.16. The molecule has 0 aromatic heterocycles. The summed E-state index contributed by atoms with van der Waals surface area (Å²) in [4.78, 5) is 25.5. The molecule has 3 rings (SSSR count). The molecule has 2 amide bonds. The normalized spacial score (nSPS) is 25.4. The van der Waals surface area contributed by atoms with Crippen molar-refractivity contribution in [1.29, 1.82) is 0 Å². The lowest BCUT2D eigenvalue weighted by molar-refractivity contribution is -0.149. The van der Waals surface area contributed by atoms with E-state index < -0.39 is 11.4 Å². The number of likely N-dealkylation sites (tertiary alicyclic amines) is 1. The lowest BCUT2D eigenvalue weighted by Gasteiger charge is -2.23. The van der Waals surface area contributed by atoms with Crippen LogP contribution in [0.25, 0.3) is 0 Å². The Balaban J connectivity index is 1.47. The van der Waals surface area contributed by atoms with Gasteiger partial charge in [-0.15, -0.1) is 0 Å². The highest BCUT2D eigenvalue weighted by Crippen LogP contribution is 2.48. The number of hydrogen-bond acceptors (Lipinski definition) is 3. The van der Waals surface area contributed by atoms with Gasteiger partial charge in [-0.1, -0.05) is 30.2 Å². The van der Waals surface area contributed by atoms with E-state index >= 15 is 0 Å². The Bertz CT molecular complexity index is 639. The van der Waals surface area contributed by atoms with E-state index in [0.717, 1.165) is 12.8 Å². The van der Waals surface area contributed by atoms with Crippen LogP contribution in [0.5, 0.6) is 5.75 Å². The van der Waals surface area contributed by atoms with Gasteiger partial charge in [-0.3, -0.25) is 4.79 Å². The van der Waals surface area contributed by atoms with Crippen molar-refractivity contribution in [2.24, 2.45) is 11.3 Å². The molecule has 0 bridgehead atoms. The highest BCUT2D eigenvalue weighted by molar-refractivity contribution is 6.32. The lowest BCUT2D eigenvalue weighted by Crippen LogP contribution is -2.42. The molecule has 130 valence electrons. The molecule has 6 nitrogen and oxygen atoms in total. The van der Waals surface area contributed by atoms with Crippen molar-refractivity contribution in [3.8, 4) is 5.75 Å². The summed E-state index contributed by atoms with van der Waals surface area (Å²) in [6.45, 7) is 1.45. The third-order valence-electron chi connectivity index (χ3n) is 5.06. The van der Waals surface area contributed by atoms with E-state index in [1.165, 1.54) is 0 Å². The fraction of sp³-hybridized carbons (Fsp3) is 0.529. The smallest absolute Gasteiger partial charge is 0.317 e. The standard InChI is InChI=1S/C17H21ClN2O4/c18-13-5-1-2-6-14(13)24-9-8-19-16(23)20-10-12-4-3-7-17(12,11-20)15(21)22/h1-2,5-6,12H,3-4,7-11H2,(H,19,23)(H,21,22)/t12-,17+/m0/s1. The summed E-state index contributed by atoms with van der Waals surface area (Å²) in [5, 5.41) is 12.9. The van der Waals surface area contributed by atoms with Gasteiger partial charge in [-0.25, -0.2) is 4.79 Å². The van der Waals surface area contributed by atoms with Gasteiger partial charge in [-0.05, 0) is 30.9 Å². The Labute approximate surface area is 145 Å². The molecule has 7 heteroatoms. The number of ether oxygens (including phenoxy) is 1. The molecule has 24 heavy (non-hydrogen) atoms. The molecule has 2 aliphatic rings. The number of aliphatic carboxylic acids is 1. The van der Waals surface area contributed by atoms with Gasteiger partial charge >= 0.3 is 12.0 Å². The average molecular weight is 353 g/mol. The number of nitrogens with one attached hydrogen (secondary N) is 1. The Morgan fingerprint density at radius 1 is 1.42 bits per heavy atom. The van der Waals surface area contributed by atoms with Crippen molar-refractivity contribution in [1.82, 2.24) is 10.2 Å². The fourth-order valence-electron chi connectivity index (χ4n) is 3.79. The van der Waals surface area contributed by atoms with Crippen LogP contribution in [-0.2, 0) is 4.79 Å². The second-order valence-corrected chi connectivity index (χ2v) is 6.85. The first kappa shape index (κ1) is 16.9. The van der Waals surface area contributed by atoms with Gasteiger partial charge in [0.15, 0.2) is 0 Å². The number of carbonyl (C=O) groups excluding carboxylic acids is 1. The number of benzene rings is 1. The lowest BCUT2D eigenvalue weighted by atomic mass is 9.81. The number of carbonyl (C=O) groups is 2. The summed E-state index contributed by atoms with van der Waals surface area (Å²) in [6, 6.07) is 6.92. The zero-order valence-corrected chi connectivity index (χ0v) is 14.1. The van der Waals surface area contributed by atoms with Crippen molar-refractivity contribution in [3.05, 3.63) is 29.3 Å². The van der Waals surface area contributed by atoms with E-state index in [-0.39, 0.29) is 11.9 Å². The van der Waals surface area contributed by atoms with Crippen LogP contribution in [-0.4, -0.2) is 48.2 Å². The van der Waals surface area contributed by atoms with Crippen molar-refractivity contribution < 1.29 is 19.4 Å². The summed E-state index contributed by atoms with van der Waals surface area (Å²) >= 11 is 5.99. The summed E-state index contributed by atoms with van der Waals surface area (Å²) in [5.74, 6) is -0.128. The molecule has 2 fully saturated rings. The molecule has 1 heterocycles. The minimum atomic E-state index is -0.776. The summed E-state index contributed by atoms with van der Waals surface area (Å²) in [7, 11) is 0. The molecule has 1 saturated heterocycles. The molecule has 2 atom stereocenters. The highest BCUT2D eigenvalue weighted by atomic mass is 35.5. The SMILES string of the molecule is O=C(NCCOc1ccccc1Cl)N1C[C@@H]2CCC[C@@]2(C(=O)O)C1. The molecule has 1 aliphatic heterocycles. The van der Waals surface area contributed by atoms with Crippen molar-refractivity contribution in [2.75, 3.05) is 26.2 Å². The molecule has 1 aliphatic carbocycles. The molecule has 0 unspecified atom stereocenters. The van der Waals surface area contributed by atoms with Gasteiger partial charge in [-0.2, -0.15) is 0 Å². The molecular formula is C17H21ClN2O4. The van der Waals surface area contributed by atoms with Gasteiger partial charge in [0.2, 0.25) is 0 Å². The molecule has 1 saturated carbocycles. The van der Waals surface area contributed by atoms with Crippen molar-refractivity contribution >= 4 is 23.6 Å². The van der Waals surface area contributed by atoms with E-state index in [1.54, 1.807) is 17.0 Å². The highest BCUT2D eigenvalue weighted by Gasteiger charge is 2.55. The second-order valence-electron chi connectivity index (χ2n) is 6.44. The van der Waals surface area contributed by atoms with Crippen LogP contribution in [0.2, 0.25) is 5.02 Å². The van der Waals surface area contributed by atoms with E-state index in [9.17, 15) is 14.7 Å². The zero-order chi connectivity index (χ0) is 17.2. The molecule has 2 N–H and O–H groups in total. The number of rotatable bonds is 5. The number of amides is 2. The zero-order valence-electron chi connectivity index (χ0n) is 13.3. The first-order chi connectivity index (χ1) is 11.5. The monoisotopic (exact) mass is 352 g/mol. The maximum Gasteiger partial charge on any atom is 0.317 e. The predicted octanol–water partition coefficient (Wildman–Crippen LogP) is 2.62. The quantitative estimate of drug-likeness (QED) is 0.798. The minimum Gasteiger partial charge on any atom is -0.490 e. The molecule has 0 spiro atoms. The maximum atomic E-state index is 12.3. The number of nitrogens with zero attached hydrogens (tertiary/aromatic N) is 1. The molecule has 0 radical (unpaired) electrons. The Kier molecular flexibility index (Phi) is 4.85. The van der Waals surface area contributed by atoms with Crippen molar-refractivity contribution in [2.45, 2.75) is 19.3 Å². The number of urea groups is 1. The Morgan fingerprint density at radius 2 is 2.21 bits per heavy atom. The third kappa shape index (κ3) is 3.15. The van der Waals surface area contributed by atoms with Gasteiger partial charge in [0.25, 0.3) is 0 Å². The van der Waals surface area contributed by atoms with Crippen LogP contribution in [0.15, 0.2) is 24.3 Å². The van der Waals surface area contributed by atoms with Crippen LogP contribution in [0, 0.1) is 11.3 Å². The topological polar surface area (TPSA) is 78.9 Å². The molecule has 1 aromatic rings. The third-order valence-corrected chi connectivity index (χ3v) is 5.37. The van der Waals surface area contributed by atoms with E-state index in [2.05, 4.69) is 5.32 Å². The van der Waals surface area contributed by atoms with E-state index in [1.807, 2.05) is 12.1 Å². The molecular weight excluding hydrogens is 332 g/mol. The largest absolute Gasteiger partial charge is 0.490 e. The predicted molar refractivity (Wildman–Crippen MR) is 89.3 cm³/mol. The number of fused-ring (bicyclic) bond motifs is 1. The Morgan fingerprint density at radius 3 is 2.92 bits per heavy atom. The minimum absolute atomic E-state index is 0.0696. The van der Waals surface area contributed by atoms with Gasteiger partial charge in [0, 0.05) is 13.1 Å². The Hall–Kier alpha value is -1.95. The second kappa shape index (κ2) is 6.89.